The molecule has 1 aromatic heterocycles. The fourth-order valence-corrected chi connectivity index (χ4v) is 4.59. The molecule has 1 heterocycles. The summed E-state index contributed by atoms with van der Waals surface area (Å²) in [5.74, 6) is -0.375. The van der Waals surface area contributed by atoms with E-state index in [2.05, 4.69) is 5.32 Å². The van der Waals surface area contributed by atoms with Crippen molar-refractivity contribution in [2.24, 2.45) is 0 Å². The molecule has 0 bridgehead atoms. The number of rotatable bonds is 6. The Morgan fingerprint density at radius 1 is 0.861 bits per heavy atom. The molecule has 1 N–H and O–H groups in total. The topological polar surface area (TPSA) is 46.9 Å². The van der Waals surface area contributed by atoms with Gasteiger partial charge in [0.05, 0.1) is 26.6 Å². The van der Waals surface area contributed by atoms with Crippen LogP contribution in [0.15, 0.2) is 89.7 Å². The largest absolute Gasteiger partial charge is 0.309 e. The van der Waals surface area contributed by atoms with Crippen molar-refractivity contribution >= 4 is 45.7 Å². The summed E-state index contributed by atoms with van der Waals surface area (Å²) in [7, 11) is 0. The van der Waals surface area contributed by atoms with Crippen molar-refractivity contribution in [1.29, 1.82) is 0 Å². The van der Waals surface area contributed by atoms with Crippen molar-refractivity contribution in [2.45, 2.75) is 13.1 Å². The molecule has 0 radical (unpaired) electrons. The molecule has 4 aromatic carbocycles. The summed E-state index contributed by atoms with van der Waals surface area (Å²) in [6.07, 6.45) is 0. The van der Waals surface area contributed by atoms with Crippen LogP contribution >= 0.6 is 34.8 Å². The highest BCUT2D eigenvalue weighted by atomic mass is 35.5. The van der Waals surface area contributed by atoms with E-state index in [1.165, 1.54) is 16.7 Å². The number of nitrogens with zero attached hydrogens (tertiary/aromatic N) is 2. The summed E-state index contributed by atoms with van der Waals surface area (Å²) in [6, 6.07) is 24.6. The minimum absolute atomic E-state index is 0.0431. The molecule has 0 atom stereocenters. The first-order chi connectivity index (χ1) is 17.4. The maximum absolute atomic E-state index is 14.4. The summed E-state index contributed by atoms with van der Waals surface area (Å²) in [5, 5.41) is 4.57. The fourth-order valence-electron chi connectivity index (χ4n) is 4.03. The smallest absolute Gasteiger partial charge is 0.266 e. The van der Waals surface area contributed by atoms with E-state index >= 15 is 0 Å². The van der Waals surface area contributed by atoms with Gasteiger partial charge in [-0.25, -0.2) is 9.37 Å². The first-order valence-electron chi connectivity index (χ1n) is 11.1. The number of hydrogen-bond donors (Lipinski definition) is 1. The Kier molecular flexibility index (Phi) is 7.08. The summed E-state index contributed by atoms with van der Waals surface area (Å²) in [6.45, 7) is 1.17. The first-order valence-corrected chi connectivity index (χ1v) is 12.3. The molecule has 0 unspecified atom stereocenters. The lowest BCUT2D eigenvalue weighted by Gasteiger charge is -2.17. The maximum Gasteiger partial charge on any atom is 0.266 e. The molecule has 0 aliphatic rings. The molecular formula is C28H19Cl3FN3O. The Bertz CT molecular complexity index is 1640. The number of nitrogens with one attached hydrogen (secondary N) is 1. The number of halogens is 4. The molecule has 0 aliphatic carbocycles. The van der Waals surface area contributed by atoms with Gasteiger partial charge in [0, 0.05) is 23.7 Å². The van der Waals surface area contributed by atoms with E-state index in [-0.39, 0.29) is 22.1 Å². The standard InChI is InChI=1S/C28H19Cl3FN3O/c29-19-9-11-21-25(13-19)34-27(35(28(21)36)20-10-12-23(30)24(32)14-20)22-8-4-7-18(26(22)31)16-33-15-17-5-2-1-3-6-17/h1-14,33H,15-16H2. The van der Waals surface area contributed by atoms with Crippen LogP contribution in [0.3, 0.4) is 0 Å². The van der Waals surface area contributed by atoms with Gasteiger partial charge in [-0.2, -0.15) is 0 Å². The Balaban J connectivity index is 1.63. The van der Waals surface area contributed by atoms with Crippen molar-refractivity contribution < 1.29 is 4.39 Å². The van der Waals surface area contributed by atoms with E-state index < -0.39 is 5.82 Å². The molecule has 4 nitrogen and oxygen atoms in total. The second kappa shape index (κ2) is 10.4. The monoisotopic (exact) mass is 537 g/mol. The SMILES string of the molecule is O=c1c2ccc(Cl)cc2nc(-c2cccc(CNCc3ccccc3)c2Cl)n1-c1ccc(Cl)c(F)c1. The average Bonchev–Trinajstić information content (AvgIpc) is 2.87. The maximum atomic E-state index is 14.4. The normalized spacial score (nSPS) is 11.2. The van der Waals surface area contributed by atoms with Crippen LogP contribution < -0.4 is 10.9 Å². The molecule has 36 heavy (non-hydrogen) atoms. The lowest BCUT2D eigenvalue weighted by Crippen LogP contribution is -2.22. The highest BCUT2D eigenvalue weighted by molar-refractivity contribution is 6.34. The van der Waals surface area contributed by atoms with E-state index in [9.17, 15) is 9.18 Å². The van der Waals surface area contributed by atoms with Crippen LogP contribution in [-0.2, 0) is 13.1 Å². The van der Waals surface area contributed by atoms with Gasteiger partial charge in [0.15, 0.2) is 0 Å². The number of hydrogen-bond acceptors (Lipinski definition) is 3. The minimum Gasteiger partial charge on any atom is -0.309 e. The van der Waals surface area contributed by atoms with Crippen LogP contribution in [0.2, 0.25) is 15.1 Å². The Labute approximate surface area is 221 Å². The number of benzene rings is 4. The van der Waals surface area contributed by atoms with Gasteiger partial charge in [-0.15, -0.1) is 0 Å². The molecule has 0 aliphatic heterocycles. The Hall–Kier alpha value is -3.22. The van der Waals surface area contributed by atoms with Crippen LogP contribution in [0.4, 0.5) is 4.39 Å². The van der Waals surface area contributed by atoms with Gasteiger partial charge >= 0.3 is 0 Å². The lowest BCUT2D eigenvalue weighted by atomic mass is 10.1. The molecule has 5 rings (SSSR count). The van der Waals surface area contributed by atoms with Crippen molar-refractivity contribution in [3.05, 3.63) is 127 Å². The molecule has 0 saturated heterocycles. The third kappa shape index (κ3) is 4.88. The summed E-state index contributed by atoms with van der Waals surface area (Å²) >= 11 is 18.9. The van der Waals surface area contributed by atoms with Gasteiger partial charge in [-0.05, 0) is 53.6 Å². The number of aromatic nitrogens is 2. The van der Waals surface area contributed by atoms with Crippen LogP contribution in [0.25, 0.3) is 28.0 Å². The van der Waals surface area contributed by atoms with Crippen LogP contribution in [0.5, 0.6) is 0 Å². The predicted molar refractivity (Wildman–Crippen MR) is 145 cm³/mol. The molecule has 0 fully saturated rings. The predicted octanol–water partition coefficient (Wildman–Crippen LogP) is 7.44. The molecule has 0 spiro atoms. The van der Waals surface area contributed by atoms with Crippen LogP contribution in [0.1, 0.15) is 11.1 Å². The number of fused-ring (bicyclic) bond motifs is 1. The van der Waals surface area contributed by atoms with Gasteiger partial charge < -0.3 is 5.32 Å². The molecule has 0 amide bonds. The van der Waals surface area contributed by atoms with Gasteiger partial charge in [-0.3, -0.25) is 9.36 Å². The van der Waals surface area contributed by atoms with Crippen molar-refractivity contribution in [3.8, 4) is 17.1 Å². The zero-order valence-corrected chi connectivity index (χ0v) is 21.1. The third-order valence-corrected chi connectivity index (χ3v) is 6.79. The van der Waals surface area contributed by atoms with E-state index in [4.69, 9.17) is 39.8 Å². The second-order valence-corrected chi connectivity index (χ2v) is 9.43. The fraction of sp³-hybridized carbons (Fsp3) is 0.0714. The highest BCUT2D eigenvalue weighted by Crippen LogP contribution is 2.32. The highest BCUT2D eigenvalue weighted by Gasteiger charge is 2.19. The molecule has 180 valence electrons. The zero-order valence-electron chi connectivity index (χ0n) is 18.8. The first kappa shape index (κ1) is 24.5. The van der Waals surface area contributed by atoms with E-state index in [1.807, 2.05) is 42.5 Å². The van der Waals surface area contributed by atoms with Gasteiger partial charge in [-0.1, -0.05) is 77.3 Å². The average molecular weight is 539 g/mol. The van der Waals surface area contributed by atoms with Crippen LogP contribution in [0, 0.1) is 5.82 Å². The van der Waals surface area contributed by atoms with Crippen molar-refractivity contribution in [3.63, 3.8) is 0 Å². The quantitative estimate of drug-likeness (QED) is 0.244. The second-order valence-electron chi connectivity index (χ2n) is 8.20. The zero-order chi connectivity index (χ0) is 25.2. The minimum atomic E-state index is -0.645. The van der Waals surface area contributed by atoms with Crippen molar-refractivity contribution in [2.75, 3.05) is 0 Å². The van der Waals surface area contributed by atoms with Crippen LogP contribution in [-0.4, -0.2) is 9.55 Å². The molecule has 8 heteroatoms. The Morgan fingerprint density at radius 2 is 1.67 bits per heavy atom. The molecule has 0 saturated carbocycles. The molecule has 5 aromatic rings. The lowest BCUT2D eigenvalue weighted by molar-refractivity contribution is 0.627. The van der Waals surface area contributed by atoms with Gasteiger partial charge in [0.1, 0.15) is 11.6 Å². The summed E-state index contributed by atoms with van der Waals surface area (Å²) in [4.78, 5) is 18.4. The van der Waals surface area contributed by atoms with E-state index in [0.717, 1.165) is 11.1 Å². The van der Waals surface area contributed by atoms with E-state index in [1.54, 1.807) is 30.3 Å². The van der Waals surface area contributed by atoms with Gasteiger partial charge in [0.2, 0.25) is 0 Å². The summed E-state index contributed by atoms with van der Waals surface area (Å²) < 4.78 is 15.7. The summed E-state index contributed by atoms with van der Waals surface area (Å²) in [5.41, 5.74) is 2.83. The third-order valence-electron chi connectivity index (χ3n) is 5.80. The Morgan fingerprint density at radius 3 is 2.44 bits per heavy atom. The van der Waals surface area contributed by atoms with Gasteiger partial charge in [0.25, 0.3) is 5.56 Å². The molecular weight excluding hydrogens is 520 g/mol. The van der Waals surface area contributed by atoms with E-state index in [0.29, 0.717) is 39.6 Å². The van der Waals surface area contributed by atoms with Crippen molar-refractivity contribution in [1.82, 2.24) is 14.9 Å².